The number of carbonyl (C=O) groups excluding carboxylic acids is 1. The van der Waals surface area contributed by atoms with E-state index < -0.39 is 0 Å². The van der Waals surface area contributed by atoms with E-state index in [2.05, 4.69) is 20.6 Å². The van der Waals surface area contributed by atoms with Gasteiger partial charge in [0.2, 0.25) is 5.91 Å². The quantitative estimate of drug-likeness (QED) is 0.862. The fraction of sp³-hybridized carbons (Fsp3) is 0.556. The van der Waals surface area contributed by atoms with Crippen LogP contribution in [-0.4, -0.2) is 32.4 Å². The van der Waals surface area contributed by atoms with Crippen LogP contribution in [0.15, 0.2) is 18.2 Å². The van der Waals surface area contributed by atoms with Gasteiger partial charge in [-0.25, -0.2) is 0 Å². The van der Waals surface area contributed by atoms with E-state index in [1.54, 1.807) is 0 Å². The topological polar surface area (TPSA) is 62.6 Å². The summed E-state index contributed by atoms with van der Waals surface area (Å²) in [5, 5.41) is 5.50. The van der Waals surface area contributed by atoms with Gasteiger partial charge in [0, 0.05) is 24.7 Å². The number of fused-ring (bicyclic) bond motifs is 1. The molecular formula is C18H26N2O3. The minimum atomic E-state index is 0.138. The molecule has 1 saturated heterocycles. The number of ether oxygens (including phenoxy) is 2. The zero-order valence-corrected chi connectivity index (χ0v) is 14.1. The van der Waals surface area contributed by atoms with Gasteiger partial charge >= 0.3 is 0 Å². The Morgan fingerprint density at radius 1 is 1.22 bits per heavy atom. The van der Waals surface area contributed by atoms with Crippen molar-refractivity contribution in [2.24, 2.45) is 5.41 Å². The van der Waals surface area contributed by atoms with Crippen molar-refractivity contribution in [2.45, 2.75) is 39.5 Å². The summed E-state index contributed by atoms with van der Waals surface area (Å²) in [6, 6.07) is 5.80. The lowest BCUT2D eigenvalue weighted by molar-refractivity contribution is -0.117. The number of nitrogens with zero attached hydrogens (tertiary/aromatic N) is 1. The SMILES string of the molecule is C=N.CCCC1(CC)CC(=O)N(c2ccc3c(c2)OCCO3)C1. The molecule has 1 aromatic carbocycles. The average Bonchev–Trinajstić information content (AvgIpc) is 2.94. The van der Waals surface area contributed by atoms with Gasteiger partial charge in [-0.2, -0.15) is 0 Å². The molecule has 5 nitrogen and oxygen atoms in total. The third-order valence-corrected chi connectivity index (χ3v) is 4.69. The van der Waals surface area contributed by atoms with Crippen LogP contribution in [0.4, 0.5) is 5.69 Å². The highest BCUT2D eigenvalue weighted by molar-refractivity contribution is 5.96. The van der Waals surface area contributed by atoms with Gasteiger partial charge in [0.1, 0.15) is 13.2 Å². The normalized spacial score (nSPS) is 22.5. The smallest absolute Gasteiger partial charge is 0.227 e. The van der Waals surface area contributed by atoms with Crippen LogP contribution in [0.1, 0.15) is 39.5 Å². The van der Waals surface area contributed by atoms with Crippen molar-refractivity contribution >= 4 is 18.3 Å². The molecule has 0 spiro atoms. The molecule has 0 bridgehead atoms. The highest BCUT2D eigenvalue weighted by atomic mass is 16.6. The van der Waals surface area contributed by atoms with Gasteiger partial charge in [-0.3, -0.25) is 4.79 Å². The van der Waals surface area contributed by atoms with E-state index in [4.69, 9.17) is 14.9 Å². The molecule has 23 heavy (non-hydrogen) atoms. The number of rotatable bonds is 4. The lowest BCUT2D eigenvalue weighted by atomic mass is 9.80. The molecule has 2 heterocycles. The largest absolute Gasteiger partial charge is 0.486 e. The maximum Gasteiger partial charge on any atom is 0.227 e. The van der Waals surface area contributed by atoms with Gasteiger partial charge < -0.3 is 19.8 Å². The summed E-state index contributed by atoms with van der Waals surface area (Å²) < 4.78 is 11.2. The second-order valence-electron chi connectivity index (χ2n) is 6.09. The van der Waals surface area contributed by atoms with Crippen LogP contribution in [-0.2, 0) is 4.79 Å². The van der Waals surface area contributed by atoms with Crippen LogP contribution >= 0.6 is 0 Å². The second-order valence-corrected chi connectivity index (χ2v) is 6.09. The molecule has 126 valence electrons. The summed E-state index contributed by atoms with van der Waals surface area (Å²) in [5.74, 6) is 1.74. The molecule has 1 fully saturated rings. The zero-order chi connectivity index (χ0) is 16.9. The molecule has 0 aliphatic carbocycles. The van der Waals surface area contributed by atoms with Crippen molar-refractivity contribution in [1.29, 1.82) is 5.41 Å². The lowest BCUT2D eigenvalue weighted by Gasteiger charge is -2.27. The van der Waals surface area contributed by atoms with E-state index >= 15 is 0 Å². The molecule has 0 radical (unpaired) electrons. The van der Waals surface area contributed by atoms with Gasteiger partial charge in [0.25, 0.3) is 0 Å². The fourth-order valence-electron chi connectivity index (χ4n) is 3.44. The predicted octanol–water partition coefficient (Wildman–Crippen LogP) is 3.66. The minimum absolute atomic E-state index is 0.138. The summed E-state index contributed by atoms with van der Waals surface area (Å²) in [6.07, 6.45) is 3.94. The molecule has 5 heteroatoms. The maximum atomic E-state index is 12.4. The minimum Gasteiger partial charge on any atom is -0.486 e. The van der Waals surface area contributed by atoms with E-state index in [0.717, 1.165) is 43.0 Å². The Labute approximate surface area is 138 Å². The first-order chi connectivity index (χ1) is 11.2. The molecule has 1 aromatic rings. The summed E-state index contributed by atoms with van der Waals surface area (Å²) in [4.78, 5) is 14.4. The van der Waals surface area contributed by atoms with Gasteiger partial charge in [-0.1, -0.05) is 20.3 Å². The van der Waals surface area contributed by atoms with Crippen molar-refractivity contribution in [3.8, 4) is 11.5 Å². The second kappa shape index (κ2) is 7.49. The van der Waals surface area contributed by atoms with Crippen LogP contribution < -0.4 is 14.4 Å². The first-order valence-corrected chi connectivity index (χ1v) is 8.23. The predicted molar refractivity (Wildman–Crippen MR) is 91.9 cm³/mol. The van der Waals surface area contributed by atoms with Crippen LogP contribution in [0.5, 0.6) is 11.5 Å². The Kier molecular flexibility index (Phi) is 5.64. The summed E-state index contributed by atoms with van der Waals surface area (Å²) >= 11 is 0. The Balaban J connectivity index is 0.000000924. The van der Waals surface area contributed by atoms with Gasteiger partial charge in [-0.05, 0) is 37.1 Å². The number of nitrogens with one attached hydrogen (secondary N) is 1. The lowest BCUT2D eigenvalue weighted by Crippen LogP contribution is -2.28. The standard InChI is InChI=1S/C17H23NO3.CH3N/c1-3-7-17(4-2)11-16(19)18(12-17)13-5-6-14-15(10-13)21-9-8-20-14;1-2/h5-6,10H,3-4,7-9,11-12H2,1-2H3;2H,1H2. The first-order valence-electron chi connectivity index (χ1n) is 8.23. The number of hydrogen-bond acceptors (Lipinski definition) is 4. The molecule has 2 aliphatic heterocycles. The van der Waals surface area contributed by atoms with Crippen molar-refractivity contribution < 1.29 is 14.3 Å². The molecule has 1 atom stereocenters. The molecule has 0 aromatic heterocycles. The maximum absolute atomic E-state index is 12.4. The van der Waals surface area contributed by atoms with Gasteiger partial charge in [0.15, 0.2) is 11.5 Å². The zero-order valence-electron chi connectivity index (χ0n) is 14.1. The Hall–Kier alpha value is -2.04. The van der Waals surface area contributed by atoms with E-state index in [-0.39, 0.29) is 11.3 Å². The number of carbonyl (C=O) groups is 1. The Morgan fingerprint density at radius 2 is 1.91 bits per heavy atom. The van der Waals surface area contributed by atoms with E-state index in [1.165, 1.54) is 0 Å². The first kappa shape index (κ1) is 17.3. The van der Waals surface area contributed by atoms with Crippen LogP contribution in [0.25, 0.3) is 0 Å². The van der Waals surface area contributed by atoms with Crippen molar-refractivity contribution in [2.75, 3.05) is 24.7 Å². The summed E-state index contributed by atoms with van der Waals surface area (Å²) in [7, 11) is 0. The van der Waals surface area contributed by atoms with Crippen LogP contribution in [0, 0.1) is 10.8 Å². The number of anilines is 1. The summed E-state index contributed by atoms with van der Waals surface area (Å²) in [6.45, 7) is 8.85. The Morgan fingerprint density at radius 3 is 2.57 bits per heavy atom. The molecule has 0 saturated carbocycles. The van der Waals surface area contributed by atoms with Gasteiger partial charge in [0.05, 0.1) is 0 Å². The van der Waals surface area contributed by atoms with Crippen molar-refractivity contribution in [1.82, 2.24) is 0 Å². The van der Waals surface area contributed by atoms with Crippen LogP contribution in [0.3, 0.4) is 0 Å². The molecule has 1 amide bonds. The number of hydrogen-bond donors (Lipinski definition) is 1. The average molecular weight is 318 g/mol. The van der Waals surface area contributed by atoms with E-state index in [1.807, 2.05) is 23.1 Å². The van der Waals surface area contributed by atoms with E-state index in [0.29, 0.717) is 19.6 Å². The van der Waals surface area contributed by atoms with Crippen molar-refractivity contribution in [3.05, 3.63) is 18.2 Å². The molecule has 3 rings (SSSR count). The molecular weight excluding hydrogens is 292 g/mol. The third kappa shape index (κ3) is 3.49. The van der Waals surface area contributed by atoms with Crippen LogP contribution in [0.2, 0.25) is 0 Å². The highest BCUT2D eigenvalue weighted by Crippen LogP contribution is 2.42. The molecule has 1 unspecified atom stereocenters. The summed E-state index contributed by atoms with van der Waals surface area (Å²) in [5.41, 5.74) is 1.06. The van der Waals surface area contributed by atoms with Gasteiger partial charge in [-0.15, -0.1) is 0 Å². The van der Waals surface area contributed by atoms with E-state index in [9.17, 15) is 4.79 Å². The van der Waals surface area contributed by atoms with Crippen molar-refractivity contribution in [3.63, 3.8) is 0 Å². The molecule has 1 N–H and O–H groups in total. The highest BCUT2D eigenvalue weighted by Gasteiger charge is 2.41. The Bertz CT molecular complexity index is 561. The fourth-order valence-corrected chi connectivity index (χ4v) is 3.44. The number of amides is 1. The third-order valence-electron chi connectivity index (χ3n) is 4.69. The number of benzene rings is 1. The molecule has 2 aliphatic rings. The monoisotopic (exact) mass is 318 g/mol.